The lowest BCUT2D eigenvalue weighted by atomic mass is 9.90. The number of hydrogen-bond donors (Lipinski definition) is 1. The molecule has 0 fully saturated rings. The van der Waals surface area contributed by atoms with Crippen molar-refractivity contribution in [1.82, 2.24) is 5.32 Å². The summed E-state index contributed by atoms with van der Waals surface area (Å²) < 4.78 is 10.2. The first kappa shape index (κ1) is 16.8. The second-order valence-electron chi connectivity index (χ2n) is 5.42. The lowest BCUT2D eigenvalue weighted by Crippen LogP contribution is -2.52. The largest absolute Gasteiger partial charge is 0.454 e. The quantitative estimate of drug-likeness (QED) is 0.840. The van der Waals surface area contributed by atoms with Crippen LogP contribution in [-0.4, -0.2) is 23.5 Å². The molecule has 2 atom stereocenters. The van der Waals surface area contributed by atoms with Crippen LogP contribution in [0.5, 0.6) is 0 Å². The smallest absolute Gasteiger partial charge is 0.375 e. The third-order valence-electron chi connectivity index (χ3n) is 3.36. The first-order chi connectivity index (χ1) is 9.69. The van der Waals surface area contributed by atoms with Gasteiger partial charge in [-0.1, -0.05) is 13.8 Å². The molecule has 21 heavy (non-hydrogen) atoms. The van der Waals surface area contributed by atoms with Crippen LogP contribution in [0.4, 0.5) is 0 Å². The van der Waals surface area contributed by atoms with Crippen LogP contribution in [-0.2, 0) is 9.53 Å². The van der Waals surface area contributed by atoms with Gasteiger partial charge in [0.05, 0.1) is 6.07 Å². The molecule has 1 amide bonds. The molecule has 114 valence electrons. The molecule has 2 unspecified atom stereocenters. The van der Waals surface area contributed by atoms with Crippen LogP contribution in [0.15, 0.2) is 16.5 Å². The second-order valence-corrected chi connectivity index (χ2v) is 5.42. The first-order valence-electron chi connectivity index (χ1n) is 6.70. The number of nitrogens with zero attached hydrogens (tertiary/aromatic N) is 1. The van der Waals surface area contributed by atoms with Crippen LogP contribution >= 0.6 is 0 Å². The van der Waals surface area contributed by atoms with Gasteiger partial charge in [-0.15, -0.1) is 0 Å². The van der Waals surface area contributed by atoms with Gasteiger partial charge in [0.25, 0.3) is 5.91 Å². The number of furan rings is 1. The number of carbonyl (C=O) groups is 2. The number of esters is 1. The van der Waals surface area contributed by atoms with Gasteiger partial charge in [-0.2, -0.15) is 5.26 Å². The second kappa shape index (κ2) is 6.44. The van der Waals surface area contributed by atoms with E-state index in [0.717, 1.165) is 0 Å². The predicted molar refractivity (Wildman–Crippen MR) is 75.3 cm³/mol. The Kier molecular flexibility index (Phi) is 5.14. The van der Waals surface area contributed by atoms with Crippen molar-refractivity contribution in [3.8, 4) is 6.07 Å². The Morgan fingerprint density at radius 3 is 2.43 bits per heavy atom. The van der Waals surface area contributed by atoms with E-state index in [-0.39, 0.29) is 11.7 Å². The van der Waals surface area contributed by atoms with E-state index in [2.05, 4.69) is 11.4 Å². The summed E-state index contributed by atoms with van der Waals surface area (Å²) in [6, 6.07) is 5.17. The maximum absolute atomic E-state index is 12.0. The summed E-state index contributed by atoms with van der Waals surface area (Å²) in [7, 11) is 0. The third-order valence-corrected chi connectivity index (χ3v) is 3.36. The van der Waals surface area contributed by atoms with E-state index in [1.54, 1.807) is 19.9 Å². The molecule has 0 aromatic carbocycles. The summed E-state index contributed by atoms with van der Waals surface area (Å²) in [5.41, 5.74) is -1.01. The van der Waals surface area contributed by atoms with Gasteiger partial charge in [0.1, 0.15) is 11.3 Å². The maximum atomic E-state index is 12.0. The fraction of sp³-hybridized carbons (Fsp3) is 0.533. The van der Waals surface area contributed by atoms with Gasteiger partial charge in [-0.25, -0.2) is 4.79 Å². The van der Waals surface area contributed by atoms with Crippen molar-refractivity contribution >= 4 is 11.9 Å². The van der Waals surface area contributed by atoms with Gasteiger partial charge in [0.15, 0.2) is 6.10 Å². The van der Waals surface area contributed by atoms with E-state index in [9.17, 15) is 9.59 Å². The zero-order chi connectivity index (χ0) is 16.2. The minimum Gasteiger partial charge on any atom is -0.454 e. The molecule has 1 heterocycles. The topological polar surface area (TPSA) is 92.3 Å². The van der Waals surface area contributed by atoms with Gasteiger partial charge >= 0.3 is 5.97 Å². The molecule has 0 aliphatic carbocycles. The lowest BCUT2D eigenvalue weighted by molar-refractivity contribution is -0.130. The van der Waals surface area contributed by atoms with Gasteiger partial charge in [-0.3, -0.25) is 4.79 Å². The van der Waals surface area contributed by atoms with E-state index in [1.807, 2.05) is 13.8 Å². The zero-order valence-electron chi connectivity index (χ0n) is 12.9. The van der Waals surface area contributed by atoms with Crippen LogP contribution in [0.25, 0.3) is 0 Å². The summed E-state index contributed by atoms with van der Waals surface area (Å²) in [6.45, 7) is 8.42. The number of nitriles is 1. The highest BCUT2D eigenvalue weighted by Crippen LogP contribution is 2.16. The highest BCUT2D eigenvalue weighted by Gasteiger charge is 2.32. The summed E-state index contributed by atoms with van der Waals surface area (Å²) in [5, 5.41) is 11.8. The number of carbonyl (C=O) groups excluding carboxylic acids is 2. The minimum absolute atomic E-state index is 0.0408. The molecule has 0 saturated carbocycles. The molecule has 1 aromatic heterocycles. The maximum Gasteiger partial charge on any atom is 0.375 e. The number of nitrogens with one attached hydrogen (secondary N) is 1. The van der Waals surface area contributed by atoms with Crippen molar-refractivity contribution in [3.63, 3.8) is 0 Å². The van der Waals surface area contributed by atoms with E-state index in [0.29, 0.717) is 5.76 Å². The Labute approximate surface area is 124 Å². The van der Waals surface area contributed by atoms with Crippen molar-refractivity contribution in [2.24, 2.45) is 5.92 Å². The Morgan fingerprint density at radius 2 is 2.00 bits per heavy atom. The molecular formula is C15H20N2O4. The molecular weight excluding hydrogens is 272 g/mol. The van der Waals surface area contributed by atoms with Crippen molar-refractivity contribution in [3.05, 3.63) is 23.7 Å². The van der Waals surface area contributed by atoms with E-state index >= 15 is 0 Å². The van der Waals surface area contributed by atoms with Gasteiger partial charge in [0.2, 0.25) is 5.76 Å². The van der Waals surface area contributed by atoms with Crippen LogP contribution in [0, 0.1) is 24.2 Å². The minimum atomic E-state index is -1.02. The molecule has 1 aromatic rings. The average molecular weight is 292 g/mol. The van der Waals surface area contributed by atoms with Gasteiger partial charge in [0, 0.05) is 0 Å². The van der Waals surface area contributed by atoms with Crippen molar-refractivity contribution < 1.29 is 18.7 Å². The number of rotatable bonds is 5. The molecule has 0 spiro atoms. The fourth-order valence-corrected chi connectivity index (χ4v) is 1.48. The molecule has 6 nitrogen and oxygen atoms in total. The van der Waals surface area contributed by atoms with Crippen molar-refractivity contribution in [2.45, 2.75) is 46.3 Å². The molecule has 1 N–H and O–H groups in total. The van der Waals surface area contributed by atoms with Crippen LogP contribution < -0.4 is 5.32 Å². The summed E-state index contributed by atoms with van der Waals surface area (Å²) >= 11 is 0. The summed E-state index contributed by atoms with van der Waals surface area (Å²) in [6.07, 6.45) is -1.02. The average Bonchev–Trinajstić information content (AvgIpc) is 2.84. The standard InChI is InChI=1S/C15H20N2O4/c1-9(2)15(5,8-16)17-13(18)11(4)21-14(19)12-7-6-10(3)20-12/h6-7,9,11H,1-5H3,(H,17,18). The number of aryl methyl sites for hydroxylation is 1. The van der Waals surface area contributed by atoms with Crippen molar-refractivity contribution in [2.75, 3.05) is 0 Å². The van der Waals surface area contributed by atoms with Gasteiger partial charge in [-0.05, 0) is 38.8 Å². The van der Waals surface area contributed by atoms with Crippen LogP contribution in [0.2, 0.25) is 0 Å². The summed E-state index contributed by atoms with van der Waals surface area (Å²) in [5.74, 6) is -0.699. The monoisotopic (exact) mass is 292 g/mol. The molecule has 1 rings (SSSR count). The molecule has 0 aliphatic rings. The van der Waals surface area contributed by atoms with E-state index in [4.69, 9.17) is 14.4 Å². The normalized spacial score (nSPS) is 14.9. The number of ether oxygens (including phenoxy) is 1. The zero-order valence-corrected chi connectivity index (χ0v) is 12.9. The first-order valence-corrected chi connectivity index (χ1v) is 6.70. The molecule has 0 saturated heterocycles. The SMILES string of the molecule is Cc1ccc(C(=O)OC(C)C(=O)NC(C)(C#N)C(C)C)o1. The Bertz CT molecular complexity index is 570. The highest BCUT2D eigenvalue weighted by molar-refractivity contribution is 5.90. The Hall–Kier alpha value is -2.29. The Balaban J connectivity index is 2.67. The lowest BCUT2D eigenvalue weighted by Gasteiger charge is -2.28. The number of amides is 1. The van der Waals surface area contributed by atoms with Crippen LogP contribution in [0.1, 0.15) is 44.0 Å². The predicted octanol–water partition coefficient (Wildman–Crippen LogP) is 2.19. The summed E-state index contributed by atoms with van der Waals surface area (Å²) in [4.78, 5) is 23.8. The van der Waals surface area contributed by atoms with E-state index < -0.39 is 23.5 Å². The molecule has 6 heteroatoms. The number of hydrogen-bond acceptors (Lipinski definition) is 5. The fourth-order valence-electron chi connectivity index (χ4n) is 1.48. The van der Waals surface area contributed by atoms with Crippen LogP contribution in [0.3, 0.4) is 0 Å². The van der Waals surface area contributed by atoms with E-state index in [1.165, 1.54) is 13.0 Å². The third kappa shape index (κ3) is 4.09. The Morgan fingerprint density at radius 1 is 1.38 bits per heavy atom. The van der Waals surface area contributed by atoms with Gasteiger partial charge < -0.3 is 14.5 Å². The molecule has 0 bridgehead atoms. The van der Waals surface area contributed by atoms with Crippen molar-refractivity contribution in [1.29, 1.82) is 5.26 Å². The molecule has 0 aliphatic heterocycles. The molecule has 0 radical (unpaired) electrons. The highest BCUT2D eigenvalue weighted by atomic mass is 16.6.